The maximum atomic E-state index is 12.3. The molecule has 0 bridgehead atoms. The van der Waals surface area contributed by atoms with Gasteiger partial charge in [-0.15, -0.1) is 0 Å². The second-order valence-electron chi connectivity index (χ2n) is 4.47. The molecule has 0 saturated carbocycles. The molecular weight excluding hydrogens is 346 g/mol. The van der Waals surface area contributed by atoms with Crippen LogP contribution in [0, 0.1) is 0 Å². The molecule has 0 aromatic heterocycles. The Morgan fingerprint density at radius 3 is 2.50 bits per heavy atom. The molecule has 1 aromatic rings. The van der Waals surface area contributed by atoms with Gasteiger partial charge >= 0.3 is 5.97 Å². The normalized spacial score (nSPS) is 13.2. The Kier molecular flexibility index (Phi) is 6.16. The highest BCUT2D eigenvalue weighted by Crippen LogP contribution is 2.24. The van der Waals surface area contributed by atoms with Crippen molar-refractivity contribution in [3.8, 4) is 0 Å². The van der Waals surface area contributed by atoms with Crippen molar-refractivity contribution >= 4 is 31.9 Å². The van der Waals surface area contributed by atoms with Gasteiger partial charge in [-0.2, -0.15) is 0 Å². The van der Waals surface area contributed by atoms with Crippen LogP contribution in [0.3, 0.4) is 0 Å². The van der Waals surface area contributed by atoms with Crippen LogP contribution in [0.25, 0.3) is 0 Å². The van der Waals surface area contributed by atoms with Crippen molar-refractivity contribution < 1.29 is 18.3 Å². The second kappa shape index (κ2) is 7.19. The highest BCUT2D eigenvalue weighted by atomic mass is 79.9. The van der Waals surface area contributed by atoms with Gasteiger partial charge in [-0.05, 0) is 47.0 Å². The quantitative estimate of drug-likeness (QED) is 0.779. The molecule has 1 rings (SSSR count). The summed E-state index contributed by atoms with van der Waals surface area (Å²) in [6, 6.07) is 3.75. The van der Waals surface area contributed by atoms with Crippen LogP contribution in [0.1, 0.15) is 43.5 Å². The summed E-state index contributed by atoms with van der Waals surface area (Å²) < 4.78 is 27.5. The minimum absolute atomic E-state index is 0.0384. The number of nitrogens with one attached hydrogen (secondary N) is 1. The van der Waals surface area contributed by atoms with E-state index in [2.05, 4.69) is 20.7 Å². The van der Waals surface area contributed by atoms with E-state index in [0.717, 1.165) is 12.8 Å². The van der Waals surface area contributed by atoms with Crippen molar-refractivity contribution in [2.45, 2.75) is 44.0 Å². The van der Waals surface area contributed by atoms with Crippen molar-refractivity contribution in [1.82, 2.24) is 4.72 Å². The highest BCUT2D eigenvalue weighted by Gasteiger charge is 2.22. The zero-order chi connectivity index (χ0) is 15.3. The zero-order valence-electron chi connectivity index (χ0n) is 11.4. The number of halogens is 1. The second-order valence-corrected chi connectivity index (χ2v) is 7.00. The highest BCUT2D eigenvalue weighted by molar-refractivity contribution is 9.10. The molecule has 0 aliphatic rings. The molecule has 0 radical (unpaired) electrons. The largest absolute Gasteiger partial charge is 0.478 e. The Morgan fingerprint density at radius 2 is 2.05 bits per heavy atom. The molecule has 0 heterocycles. The summed E-state index contributed by atoms with van der Waals surface area (Å²) in [7, 11) is -3.66. The lowest BCUT2D eigenvalue weighted by molar-refractivity contribution is 0.0696. The van der Waals surface area contributed by atoms with Crippen LogP contribution in [-0.4, -0.2) is 25.5 Å². The number of sulfonamides is 1. The molecular formula is C13H18BrNO4S. The fourth-order valence-electron chi connectivity index (χ4n) is 1.83. The van der Waals surface area contributed by atoms with E-state index in [1.54, 1.807) is 0 Å². The average Bonchev–Trinajstić information content (AvgIpc) is 2.37. The summed E-state index contributed by atoms with van der Waals surface area (Å²) >= 11 is 3.12. The Balaban J connectivity index is 3.06. The first kappa shape index (κ1) is 17.1. The van der Waals surface area contributed by atoms with E-state index < -0.39 is 16.0 Å². The molecule has 5 nitrogen and oxygen atoms in total. The lowest BCUT2D eigenvalue weighted by Gasteiger charge is -2.17. The number of carbonyl (C=O) groups is 1. The van der Waals surface area contributed by atoms with Gasteiger partial charge in [0.1, 0.15) is 0 Å². The lowest BCUT2D eigenvalue weighted by Crippen LogP contribution is -2.34. The fourth-order valence-corrected chi connectivity index (χ4v) is 4.26. The maximum absolute atomic E-state index is 12.3. The van der Waals surface area contributed by atoms with Crippen molar-refractivity contribution in [2.24, 2.45) is 0 Å². The summed E-state index contributed by atoms with van der Waals surface area (Å²) in [5.41, 5.74) is 0.0384. The predicted molar refractivity (Wildman–Crippen MR) is 80.4 cm³/mol. The van der Waals surface area contributed by atoms with Crippen LogP contribution in [-0.2, 0) is 10.0 Å². The van der Waals surface area contributed by atoms with Gasteiger partial charge in [-0.25, -0.2) is 17.9 Å². The standard InChI is InChI=1S/C13H18BrNO4S/c1-3-5-10(4-2)15-20(18,19)12-7-6-9(13(16)17)8-11(12)14/h6-8,10,15H,3-5H2,1-2H3,(H,16,17). The van der Waals surface area contributed by atoms with E-state index in [4.69, 9.17) is 5.11 Å². The van der Waals surface area contributed by atoms with E-state index in [9.17, 15) is 13.2 Å². The maximum Gasteiger partial charge on any atom is 0.335 e. The Bertz CT molecular complexity index is 586. The summed E-state index contributed by atoms with van der Waals surface area (Å²) in [4.78, 5) is 10.9. The first-order valence-electron chi connectivity index (χ1n) is 6.37. The molecule has 0 aliphatic heterocycles. The average molecular weight is 364 g/mol. The number of hydrogen-bond donors (Lipinski definition) is 2. The van der Waals surface area contributed by atoms with Crippen LogP contribution in [0.4, 0.5) is 0 Å². The van der Waals surface area contributed by atoms with Gasteiger partial charge in [-0.1, -0.05) is 20.3 Å². The van der Waals surface area contributed by atoms with E-state index in [1.165, 1.54) is 18.2 Å². The number of carboxylic acid groups (broad SMARTS) is 1. The SMILES string of the molecule is CCCC(CC)NS(=O)(=O)c1ccc(C(=O)O)cc1Br. The van der Waals surface area contributed by atoms with Gasteiger partial charge < -0.3 is 5.11 Å². The van der Waals surface area contributed by atoms with Crippen molar-refractivity contribution in [1.29, 1.82) is 0 Å². The molecule has 0 saturated heterocycles. The van der Waals surface area contributed by atoms with Crippen molar-refractivity contribution in [2.75, 3.05) is 0 Å². The van der Waals surface area contributed by atoms with Crippen LogP contribution >= 0.6 is 15.9 Å². The molecule has 20 heavy (non-hydrogen) atoms. The van der Waals surface area contributed by atoms with E-state index in [-0.39, 0.29) is 21.0 Å². The van der Waals surface area contributed by atoms with Crippen LogP contribution < -0.4 is 4.72 Å². The molecule has 1 aromatic carbocycles. The van der Waals surface area contributed by atoms with Crippen molar-refractivity contribution in [3.63, 3.8) is 0 Å². The molecule has 1 unspecified atom stereocenters. The van der Waals surface area contributed by atoms with Crippen LogP contribution in [0.5, 0.6) is 0 Å². The minimum atomic E-state index is -3.66. The number of carboxylic acids is 1. The molecule has 0 amide bonds. The van der Waals surface area contributed by atoms with Gasteiger partial charge in [0.15, 0.2) is 0 Å². The number of rotatable bonds is 7. The molecule has 0 fully saturated rings. The van der Waals surface area contributed by atoms with Crippen LogP contribution in [0.2, 0.25) is 0 Å². The van der Waals surface area contributed by atoms with Crippen molar-refractivity contribution in [3.05, 3.63) is 28.2 Å². The van der Waals surface area contributed by atoms with E-state index in [0.29, 0.717) is 6.42 Å². The molecule has 1 atom stereocenters. The summed E-state index contributed by atoms with van der Waals surface area (Å²) in [5, 5.41) is 8.87. The number of aromatic carboxylic acids is 1. The van der Waals surface area contributed by atoms with E-state index >= 15 is 0 Å². The van der Waals surface area contributed by atoms with Gasteiger partial charge in [0.25, 0.3) is 0 Å². The Morgan fingerprint density at radius 1 is 1.40 bits per heavy atom. The summed E-state index contributed by atoms with van der Waals surface area (Å²) in [5.74, 6) is -1.10. The third-order valence-electron chi connectivity index (χ3n) is 2.92. The van der Waals surface area contributed by atoms with Gasteiger partial charge in [0.2, 0.25) is 10.0 Å². The minimum Gasteiger partial charge on any atom is -0.478 e. The van der Waals surface area contributed by atoms with Gasteiger partial charge in [0.05, 0.1) is 10.5 Å². The Labute approximate surface area is 127 Å². The third kappa shape index (κ3) is 4.29. The molecule has 0 aliphatic carbocycles. The van der Waals surface area contributed by atoms with E-state index in [1.807, 2.05) is 13.8 Å². The first-order valence-corrected chi connectivity index (χ1v) is 8.64. The predicted octanol–water partition coefficient (Wildman–Crippen LogP) is 3.00. The fraction of sp³-hybridized carbons (Fsp3) is 0.462. The van der Waals surface area contributed by atoms with Crippen LogP contribution in [0.15, 0.2) is 27.6 Å². The monoisotopic (exact) mass is 363 g/mol. The topological polar surface area (TPSA) is 83.5 Å². The number of benzene rings is 1. The molecule has 112 valence electrons. The van der Waals surface area contributed by atoms with Gasteiger partial charge in [-0.3, -0.25) is 0 Å². The third-order valence-corrected chi connectivity index (χ3v) is 5.42. The van der Waals surface area contributed by atoms with Gasteiger partial charge in [0, 0.05) is 10.5 Å². The molecule has 7 heteroatoms. The first-order chi connectivity index (χ1) is 9.31. The smallest absolute Gasteiger partial charge is 0.335 e. The summed E-state index contributed by atoms with van der Waals surface area (Å²) in [6.07, 6.45) is 2.36. The zero-order valence-corrected chi connectivity index (χ0v) is 13.8. The summed E-state index contributed by atoms with van der Waals surface area (Å²) in [6.45, 7) is 3.92. The number of hydrogen-bond acceptors (Lipinski definition) is 3. The molecule has 2 N–H and O–H groups in total. The Hall–Kier alpha value is -0.920. The lowest BCUT2D eigenvalue weighted by atomic mass is 10.1. The molecule has 0 spiro atoms.